The van der Waals surface area contributed by atoms with Gasteiger partial charge in [-0.2, -0.15) is 0 Å². The Morgan fingerprint density at radius 3 is 2.38 bits per heavy atom. The summed E-state index contributed by atoms with van der Waals surface area (Å²) in [6, 6.07) is 0. The number of nitrogens with one attached hydrogen (secondary N) is 2. The Morgan fingerprint density at radius 2 is 1.92 bits per heavy atom. The van der Waals surface area contributed by atoms with Gasteiger partial charge in [0.25, 0.3) is 0 Å². The number of rotatable bonds is 6. The van der Waals surface area contributed by atoms with Gasteiger partial charge in [0.05, 0.1) is 0 Å². The molecule has 0 amide bonds. The maximum Gasteiger partial charge on any atom is 0.0249 e. The molecule has 1 saturated carbocycles. The van der Waals surface area contributed by atoms with Crippen LogP contribution >= 0.6 is 0 Å². The van der Waals surface area contributed by atoms with Crippen LogP contribution in [0.25, 0.3) is 0 Å². The fourth-order valence-electron chi connectivity index (χ4n) is 1.61. The van der Waals surface area contributed by atoms with Crippen LogP contribution in [0.5, 0.6) is 0 Å². The molecule has 1 fully saturated rings. The summed E-state index contributed by atoms with van der Waals surface area (Å²) in [7, 11) is 0. The third kappa shape index (κ3) is 4.10. The van der Waals surface area contributed by atoms with Crippen molar-refractivity contribution in [1.29, 1.82) is 0 Å². The highest BCUT2D eigenvalue weighted by atomic mass is 15.0. The molecule has 0 aliphatic heterocycles. The van der Waals surface area contributed by atoms with Crippen molar-refractivity contribution in [1.82, 2.24) is 10.6 Å². The zero-order valence-corrected chi connectivity index (χ0v) is 9.54. The maximum absolute atomic E-state index is 3.55. The molecule has 1 aliphatic carbocycles. The average Bonchev–Trinajstić information content (AvgIpc) is 2.67. The lowest BCUT2D eigenvalue weighted by Crippen LogP contribution is -2.48. The molecule has 78 valence electrons. The van der Waals surface area contributed by atoms with Gasteiger partial charge in [-0.25, -0.2) is 0 Å². The second kappa shape index (κ2) is 3.97. The summed E-state index contributed by atoms with van der Waals surface area (Å²) in [5.41, 5.74) is 0.863. The smallest absolute Gasteiger partial charge is 0.0249 e. The van der Waals surface area contributed by atoms with Crippen molar-refractivity contribution in [3.05, 3.63) is 0 Å². The first-order valence-electron chi connectivity index (χ1n) is 5.43. The van der Waals surface area contributed by atoms with E-state index in [1.165, 1.54) is 19.4 Å². The first-order chi connectivity index (χ1) is 5.97. The van der Waals surface area contributed by atoms with Crippen molar-refractivity contribution >= 4 is 0 Å². The van der Waals surface area contributed by atoms with Gasteiger partial charge in [0.2, 0.25) is 0 Å². The fraction of sp³-hybridized carbons (Fsp3) is 1.00. The van der Waals surface area contributed by atoms with E-state index < -0.39 is 0 Å². The van der Waals surface area contributed by atoms with E-state index in [1.54, 1.807) is 0 Å². The van der Waals surface area contributed by atoms with Crippen LogP contribution in [0.1, 0.15) is 40.5 Å². The highest BCUT2D eigenvalue weighted by molar-refractivity contribution is 4.91. The van der Waals surface area contributed by atoms with E-state index >= 15 is 0 Å². The molecule has 2 nitrogen and oxygen atoms in total. The highest BCUT2D eigenvalue weighted by Crippen LogP contribution is 2.43. The molecule has 1 rings (SSSR count). The quantitative estimate of drug-likeness (QED) is 0.657. The van der Waals surface area contributed by atoms with Crippen LogP contribution < -0.4 is 10.6 Å². The van der Waals surface area contributed by atoms with Gasteiger partial charge in [-0.15, -0.1) is 0 Å². The largest absolute Gasteiger partial charge is 0.314 e. The van der Waals surface area contributed by atoms with E-state index in [0.29, 0.717) is 5.41 Å². The number of hydrogen-bond donors (Lipinski definition) is 2. The number of hydrogen-bond acceptors (Lipinski definition) is 2. The summed E-state index contributed by atoms with van der Waals surface area (Å²) >= 11 is 0. The predicted octanol–water partition coefficient (Wildman–Crippen LogP) is 1.76. The predicted molar refractivity (Wildman–Crippen MR) is 58.0 cm³/mol. The van der Waals surface area contributed by atoms with Crippen LogP contribution in [-0.4, -0.2) is 25.2 Å². The Hall–Kier alpha value is -0.0800. The minimum absolute atomic E-state index is 0.236. The molecule has 0 aromatic heterocycles. The molecule has 0 radical (unpaired) electrons. The molecule has 0 saturated heterocycles. The van der Waals surface area contributed by atoms with Crippen LogP contribution in [0.3, 0.4) is 0 Å². The summed E-state index contributed by atoms with van der Waals surface area (Å²) in [6.45, 7) is 12.3. The van der Waals surface area contributed by atoms with Crippen LogP contribution in [0, 0.1) is 5.41 Å². The van der Waals surface area contributed by atoms with E-state index in [2.05, 4.69) is 38.3 Å². The molecular weight excluding hydrogens is 160 g/mol. The number of likely N-dealkylation sites (N-methyl/N-ethyl adjacent to an activating group) is 1. The van der Waals surface area contributed by atoms with Crippen molar-refractivity contribution in [3.8, 4) is 0 Å². The summed E-state index contributed by atoms with van der Waals surface area (Å²) in [6.07, 6.45) is 2.81. The molecule has 0 aromatic carbocycles. The van der Waals surface area contributed by atoms with Gasteiger partial charge in [0.15, 0.2) is 0 Å². The molecule has 2 heteroatoms. The van der Waals surface area contributed by atoms with Gasteiger partial charge in [-0.05, 0) is 38.6 Å². The van der Waals surface area contributed by atoms with Crippen molar-refractivity contribution < 1.29 is 0 Å². The first-order valence-corrected chi connectivity index (χ1v) is 5.43. The van der Waals surface area contributed by atoms with Crippen molar-refractivity contribution in [2.45, 2.75) is 46.1 Å². The van der Waals surface area contributed by atoms with Gasteiger partial charge in [0.1, 0.15) is 0 Å². The zero-order valence-electron chi connectivity index (χ0n) is 9.54. The molecule has 0 atom stereocenters. The van der Waals surface area contributed by atoms with Crippen molar-refractivity contribution in [2.24, 2.45) is 5.41 Å². The normalized spacial score (nSPS) is 20.3. The Balaban J connectivity index is 2.10. The highest BCUT2D eigenvalue weighted by Gasteiger charge is 2.36. The van der Waals surface area contributed by atoms with Crippen LogP contribution in [0.4, 0.5) is 0 Å². The van der Waals surface area contributed by atoms with E-state index in [4.69, 9.17) is 0 Å². The van der Waals surface area contributed by atoms with E-state index in [-0.39, 0.29) is 5.54 Å². The Labute approximate surface area is 82.5 Å². The zero-order chi connectivity index (χ0) is 9.95. The van der Waals surface area contributed by atoms with Crippen LogP contribution in [0.15, 0.2) is 0 Å². The van der Waals surface area contributed by atoms with Gasteiger partial charge in [-0.1, -0.05) is 13.8 Å². The lowest BCUT2D eigenvalue weighted by atomic mass is 10.0. The molecule has 1 aliphatic rings. The Bertz CT molecular complexity index is 159. The first kappa shape index (κ1) is 11.0. The van der Waals surface area contributed by atoms with E-state index in [0.717, 1.165) is 13.1 Å². The minimum atomic E-state index is 0.236. The topological polar surface area (TPSA) is 24.1 Å². The Kier molecular flexibility index (Phi) is 3.36. The lowest BCUT2D eigenvalue weighted by molar-refractivity contribution is 0.357. The van der Waals surface area contributed by atoms with E-state index in [9.17, 15) is 0 Å². The molecule has 13 heavy (non-hydrogen) atoms. The minimum Gasteiger partial charge on any atom is -0.314 e. The van der Waals surface area contributed by atoms with Gasteiger partial charge >= 0.3 is 0 Å². The molecule has 0 spiro atoms. The van der Waals surface area contributed by atoms with Crippen molar-refractivity contribution in [2.75, 3.05) is 19.6 Å². The lowest BCUT2D eigenvalue weighted by Gasteiger charge is -2.26. The second-order valence-corrected chi connectivity index (χ2v) is 5.33. The molecule has 2 N–H and O–H groups in total. The van der Waals surface area contributed by atoms with Crippen LogP contribution in [-0.2, 0) is 0 Å². The molecular formula is C11H24N2. The molecule has 0 heterocycles. The van der Waals surface area contributed by atoms with Crippen molar-refractivity contribution in [3.63, 3.8) is 0 Å². The molecule has 0 aromatic rings. The van der Waals surface area contributed by atoms with Gasteiger partial charge in [-0.3, -0.25) is 0 Å². The molecule has 0 bridgehead atoms. The summed E-state index contributed by atoms with van der Waals surface area (Å²) in [4.78, 5) is 0. The maximum atomic E-state index is 3.55. The fourth-order valence-corrected chi connectivity index (χ4v) is 1.61. The summed E-state index contributed by atoms with van der Waals surface area (Å²) < 4.78 is 0. The average molecular weight is 184 g/mol. The third-order valence-corrected chi connectivity index (χ3v) is 2.88. The standard InChI is InChI=1S/C11H24N2/c1-5-13-10(2,3)8-12-9-11(4)6-7-11/h12-13H,5-9H2,1-4H3. The van der Waals surface area contributed by atoms with Gasteiger partial charge in [0, 0.05) is 18.6 Å². The second-order valence-electron chi connectivity index (χ2n) is 5.33. The third-order valence-electron chi connectivity index (χ3n) is 2.88. The summed E-state index contributed by atoms with van der Waals surface area (Å²) in [5, 5.41) is 7.02. The van der Waals surface area contributed by atoms with Crippen LogP contribution in [0.2, 0.25) is 0 Å². The SMILES string of the molecule is CCNC(C)(C)CNCC1(C)CC1. The van der Waals surface area contributed by atoms with E-state index in [1.807, 2.05) is 0 Å². The Morgan fingerprint density at radius 1 is 1.31 bits per heavy atom. The molecule has 0 unspecified atom stereocenters. The monoisotopic (exact) mass is 184 g/mol. The summed E-state index contributed by atoms with van der Waals surface area (Å²) in [5.74, 6) is 0. The van der Waals surface area contributed by atoms with Gasteiger partial charge < -0.3 is 10.6 Å².